The average molecular weight is 229 g/mol. The van der Waals surface area contributed by atoms with E-state index in [9.17, 15) is 0 Å². The maximum Gasteiger partial charge on any atom is 0.0472 e. The van der Waals surface area contributed by atoms with Gasteiger partial charge in [0, 0.05) is 23.7 Å². The molecule has 17 heavy (non-hydrogen) atoms. The van der Waals surface area contributed by atoms with E-state index in [0.29, 0.717) is 6.42 Å². The van der Waals surface area contributed by atoms with Gasteiger partial charge in [-0.05, 0) is 43.9 Å². The lowest BCUT2D eigenvalue weighted by atomic mass is 10.1. The largest absolute Gasteiger partial charge is 0.396 e. The Labute approximate surface area is 102 Å². The summed E-state index contributed by atoms with van der Waals surface area (Å²) in [7, 11) is 0. The lowest BCUT2D eigenvalue weighted by Gasteiger charge is -2.00. The van der Waals surface area contributed by atoms with Gasteiger partial charge in [-0.25, -0.2) is 0 Å². The number of fused-ring (bicyclic) bond motifs is 1. The van der Waals surface area contributed by atoms with Gasteiger partial charge in [0.05, 0.1) is 0 Å². The van der Waals surface area contributed by atoms with Crippen molar-refractivity contribution < 1.29 is 5.11 Å². The van der Waals surface area contributed by atoms with Gasteiger partial charge in [0.25, 0.3) is 0 Å². The summed E-state index contributed by atoms with van der Waals surface area (Å²) in [6.45, 7) is 4.44. The molecule has 0 fully saturated rings. The highest BCUT2D eigenvalue weighted by atomic mass is 16.2. The number of rotatable bonds is 4. The third-order valence-corrected chi connectivity index (χ3v) is 2.96. The number of aliphatic hydroxyl groups excluding tert-OH is 1. The standard InChI is InChI=1S/C15H19NO/c1-11(2)3-4-12-5-6-14-13(7-8-17)10-16-15(14)9-12/h3,5-6,9-10,16-17H,4,7-8H2,1-2H3. The molecule has 0 unspecified atom stereocenters. The molecule has 1 heterocycles. The van der Waals surface area contributed by atoms with Crippen LogP contribution in [0.25, 0.3) is 10.9 Å². The molecule has 0 spiro atoms. The molecule has 0 atom stereocenters. The van der Waals surface area contributed by atoms with E-state index in [1.807, 2.05) is 6.20 Å². The predicted octanol–water partition coefficient (Wildman–Crippen LogP) is 3.21. The van der Waals surface area contributed by atoms with E-state index in [-0.39, 0.29) is 6.61 Å². The van der Waals surface area contributed by atoms with Crippen LogP contribution < -0.4 is 0 Å². The number of allylic oxidation sites excluding steroid dienone is 2. The Kier molecular flexibility index (Phi) is 3.64. The Hall–Kier alpha value is -1.54. The summed E-state index contributed by atoms with van der Waals surface area (Å²) in [6, 6.07) is 6.50. The van der Waals surface area contributed by atoms with E-state index in [2.05, 4.69) is 43.1 Å². The molecular formula is C15H19NO. The number of aromatic nitrogens is 1. The van der Waals surface area contributed by atoms with Crippen molar-refractivity contribution in [2.24, 2.45) is 0 Å². The second-order valence-electron chi connectivity index (χ2n) is 4.65. The van der Waals surface area contributed by atoms with Crippen LogP contribution in [0.3, 0.4) is 0 Å². The maximum atomic E-state index is 8.98. The monoisotopic (exact) mass is 229 g/mol. The molecule has 0 saturated heterocycles. The Balaban J connectivity index is 2.29. The van der Waals surface area contributed by atoms with Crippen LogP contribution in [-0.2, 0) is 12.8 Å². The summed E-state index contributed by atoms with van der Waals surface area (Å²) in [5, 5.41) is 10.2. The number of hydrogen-bond acceptors (Lipinski definition) is 1. The van der Waals surface area contributed by atoms with Gasteiger partial charge in [0.2, 0.25) is 0 Å². The van der Waals surface area contributed by atoms with Crippen LogP contribution >= 0.6 is 0 Å². The minimum atomic E-state index is 0.201. The van der Waals surface area contributed by atoms with Crippen LogP contribution in [0, 0.1) is 0 Å². The molecule has 2 rings (SSSR count). The van der Waals surface area contributed by atoms with Crippen LogP contribution in [0.5, 0.6) is 0 Å². The molecule has 2 nitrogen and oxygen atoms in total. The highest BCUT2D eigenvalue weighted by Crippen LogP contribution is 2.20. The molecule has 1 aromatic carbocycles. The molecule has 1 aromatic heterocycles. The van der Waals surface area contributed by atoms with Crippen LogP contribution in [-0.4, -0.2) is 16.7 Å². The first-order valence-electron chi connectivity index (χ1n) is 6.04. The molecule has 90 valence electrons. The van der Waals surface area contributed by atoms with E-state index >= 15 is 0 Å². The topological polar surface area (TPSA) is 36.0 Å². The quantitative estimate of drug-likeness (QED) is 0.776. The smallest absolute Gasteiger partial charge is 0.0472 e. The fourth-order valence-corrected chi connectivity index (χ4v) is 2.01. The van der Waals surface area contributed by atoms with Gasteiger partial charge in [-0.15, -0.1) is 0 Å². The lowest BCUT2D eigenvalue weighted by Crippen LogP contribution is -1.88. The van der Waals surface area contributed by atoms with E-state index in [0.717, 1.165) is 11.9 Å². The summed E-state index contributed by atoms with van der Waals surface area (Å²) in [4.78, 5) is 3.27. The van der Waals surface area contributed by atoms with Gasteiger partial charge in [0.15, 0.2) is 0 Å². The fraction of sp³-hybridized carbons (Fsp3) is 0.333. The predicted molar refractivity (Wildman–Crippen MR) is 72.2 cm³/mol. The summed E-state index contributed by atoms with van der Waals surface area (Å²) in [5.41, 5.74) is 5.01. The summed E-state index contributed by atoms with van der Waals surface area (Å²) >= 11 is 0. The van der Waals surface area contributed by atoms with Crippen LogP contribution in [0.15, 0.2) is 36.0 Å². The van der Waals surface area contributed by atoms with Crippen molar-refractivity contribution >= 4 is 10.9 Å². The van der Waals surface area contributed by atoms with Gasteiger partial charge in [-0.2, -0.15) is 0 Å². The first kappa shape index (κ1) is 11.9. The number of H-pyrrole nitrogens is 1. The fourth-order valence-electron chi connectivity index (χ4n) is 2.01. The number of aromatic amines is 1. The lowest BCUT2D eigenvalue weighted by molar-refractivity contribution is 0.300. The minimum absolute atomic E-state index is 0.201. The highest BCUT2D eigenvalue weighted by Gasteiger charge is 2.03. The zero-order valence-electron chi connectivity index (χ0n) is 10.5. The first-order valence-corrected chi connectivity index (χ1v) is 6.04. The molecule has 0 aliphatic heterocycles. The third kappa shape index (κ3) is 2.77. The van der Waals surface area contributed by atoms with Crippen LogP contribution in [0.2, 0.25) is 0 Å². The second-order valence-corrected chi connectivity index (χ2v) is 4.65. The maximum absolute atomic E-state index is 8.98. The second kappa shape index (κ2) is 5.19. The van der Waals surface area contributed by atoms with Gasteiger partial charge in [-0.1, -0.05) is 23.8 Å². The molecule has 2 aromatic rings. The van der Waals surface area contributed by atoms with Gasteiger partial charge < -0.3 is 10.1 Å². The molecule has 0 amide bonds. The molecule has 2 N–H and O–H groups in total. The van der Waals surface area contributed by atoms with Crippen molar-refractivity contribution in [2.45, 2.75) is 26.7 Å². The Bertz CT molecular complexity index is 533. The van der Waals surface area contributed by atoms with Crippen molar-refractivity contribution in [3.8, 4) is 0 Å². The molecule has 0 saturated carbocycles. The molecular weight excluding hydrogens is 210 g/mol. The molecule has 0 aliphatic rings. The minimum Gasteiger partial charge on any atom is -0.396 e. The van der Waals surface area contributed by atoms with E-state index in [4.69, 9.17) is 5.11 Å². The normalized spacial score (nSPS) is 10.8. The van der Waals surface area contributed by atoms with Gasteiger partial charge in [-0.3, -0.25) is 0 Å². The Morgan fingerprint density at radius 2 is 2.18 bits per heavy atom. The van der Waals surface area contributed by atoms with E-state index in [1.165, 1.54) is 22.1 Å². The Morgan fingerprint density at radius 1 is 1.35 bits per heavy atom. The van der Waals surface area contributed by atoms with Crippen LogP contribution in [0.4, 0.5) is 0 Å². The summed E-state index contributed by atoms with van der Waals surface area (Å²) in [6.07, 6.45) is 5.92. The third-order valence-electron chi connectivity index (χ3n) is 2.96. The average Bonchev–Trinajstić information content (AvgIpc) is 2.70. The number of hydrogen-bond donors (Lipinski definition) is 2. The Morgan fingerprint density at radius 3 is 2.88 bits per heavy atom. The summed E-state index contributed by atoms with van der Waals surface area (Å²) < 4.78 is 0. The molecule has 2 heteroatoms. The summed E-state index contributed by atoms with van der Waals surface area (Å²) in [5.74, 6) is 0. The van der Waals surface area contributed by atoms with Crippen molar-refractivity contribution in [1.29, 1.82) is 0 Å². The molecule has 0 bridgehead atoms. The van der Waals surface area contributed by atoms with Crippen molar-refractivity contribution in [2.75, 3.05) is 6.61 Å². The van der Waals surface area contributed by atoms with Crippen molar-refractivity contribution in [1.82, 2.24) is 4.98 Å². The van der Waals surface area contributed by atoms with E-state index < -0.39 is 0 Å². The van der Waals surface area contributed by atoms with Crippen molar-refractivity contribution in [3.05, 3.63) is 47.2 Å². The van der Waals surface area contributed by atoms with E-state index in [1.54, 1.807) is 0 Å². The highest BCUT2D eigenvalue weighted by molar-refractivity contribution is 5.83. The van der Waals surface area contributed by atoms with Gasteiger partial charge >= 0.3 is 0 Å². The number of nitrogens with one attached hydrogen (secondary N) is 1. The first-order chi connectivity index (χ1) is 8.20. The van der Waals surface area contributed by atoms with Crippen molar-refractivity contribution in [3.63, 3.8) is 0 Å². The number of aliphatic hydroxyl groups is 1. The number of benzene rings is 1. The van der Waals surface area contributed by atoms with Crippen LogP contribution in [0.1, 0.15) is 25.0 Å². The zero-order chi connectivity index (χ0) is 12.3. The molecule has 0 radical (unpaired) electrons. The van der Waals surface area contributed by atoms with Gasteiger partial charge in [0.1, 0.15) is 0 Å². The zero-order valence-corrected chi connectivity index (χ0v) is 10.5. The molecule has 0 aliphatic carbocycles. The SMILES string of the molecule is CC(C)=CCc1ccc2c(CCO)c[nH]c2c1.